The number of sulfone groups is 1. The normalized spacial score (nSPS) is 12.0. The van der Waals surface area contributed by atoms with E-state index in [2.05, 4.69) is 5.32 Å². The highest BCUT2D eigenvalue weighted by Gasteiger charge is 2.28. The summed E-state index contributed by atoms with van der Waals surface area (Å²) in [7, 11) is -3.97. The molecule has 2 amide bonds. The van der Waals surface area contributed by atoms with Gasteiger partial charge in [0, 0.05) is 5.41 Å². The van der Waals surface area contributed by atoms with Gasteiger partial charge in [0.1, 0.15) is 15.0 Å². The predicted molar refractivity (Wildman–Crippen MR) is 92.8 cm³/mol. The van der Waals surface area contributed by atoms with Crippen LogP contribution in [0.3, 0.4) is 0 Å². The SMILES string of the molecule is CC(C)(C)C(=O)Nc1sc(S(=O)(=O)c2ccc(F)cc2)cc1C(N)=O. The van der Waals surface area contributed by atoms with Gasteiger partial charge in [-0.05, 0) is 30.3 Å². The molecule has 1 aromatic heterocycles. The fourth-order valence-electron chi connectivity index (χ4n) is 1.80. The number of primary amides is 1. The van der Waals surface area contributed by atoms with Gasteiger partial charge in [0.25, 0.3) is 5.91 Å². The van der Waals surface area contributed by atoms with Crippen LogP contribution >= 0.6 is 11.3 Å². The summed E-state index contributed by atoms with van der Waals surface area (Å²) in [6.07, 6.45) is 0. The first-order valence-corrected chi connectivity index (χ1v) is 9.48. The number of hydrogen-bond acceptors (Lipinski definition) is 5. The van der Waals surface area contributed by atoms with Crippen LogP contribution in [0.15, 0.2) is 39.4 Å². The molecular weight excluding hydrogens is 367 g/mol. The maximum Gasteiger partial charge on any atom is 0.251 e. The summed E-state index contributed by atoms with van der Waals surface area (Å²) in [5.74, 6) is -1.82. The summed E-state index contributed by atoms with van der Waals surface area (Å²) in [5.41, 5.74) is 4.45. The molecule has 2 aromatic rings. The van der Waals surface area contributed by atoms with Crippen molar-refractivity contribution >= 4 is 38.0 Å². The maximum atomic E-state index is 13.0. The van der Waals surface area contributed by atoms with Crippen molar-refractivity contribution in [2.45, 2.75) is 29.9 Å². The molecule has 0 radical (unpaired) electrons. The molecule has 0 aliphatic rings. The van der Waals surface area contributed by atoms with Crippen molar-refractivity contribution in [2.75, 3.05) is 5.32 Å². The predicted octanol–water partition coefficient (Wildman–Crippen LogP) is 2.80. The number of thiophene rings is 1. The molecule has 0 saturated carbocycles. The lowest BCUT2D eigenvalue weighted by atomic mass is 9.96. The summed E-state index contributed by atoms with van der Waals surface area (Å²) in [5, 5.41) is 2.60. The zero-order valence-electron chi connectivity index (χ0n) is 13.8. The van der Waals surface area contributed by atoms with Gasteiger partial charge < -0.3 is 11.1 Å². The number of rotatable bonds is 4. The van der Waals surface area contributed by atoms with Crippen LogP contribution in [0.4, 0.5) is 9.39 Å². The van der Waals surface area contributed by atoms with Crippen LogP contribution < -0.4 is 11.1 Å². The molecule has 0 bridgehead atoms. The largest absolute Gasteiger partial charge is 0.366 e. The maximum absolute atomic E-state index is 13.0. The molecule has 3 N–H and O–H groups in total. The summed E-state index contributed by atoms with van der Waals surface area (Å²) in [6.45, 7) is 5.03. The van der Waals surface area contributed by atoms with Crippen molar-refractivity contribution in [1.82, 2.24) is 0 Å². The smallest absolute Gasteiger partial charge is 0.251 e. The average Bonchev–Trinajstić information content (AvgIpc) is 2.91. The second-order valence-electron chi connectivity index (χ2n) is 6.33. The number of nitrogens with two attached hydrogens (primary N) is 1. The highest BCUT2D eigenvalue weighted by molar-refractivity contribution is 7.93. The first-order valence-electron chi connectivity index (χ1n) is 7.18. The van der Waals surface area contributed by atoms with E-state index in [1.807, 2.05) is 0 Å². The van der Waals surface area contributed by atoms with Crippen LogP contribution in [-0.2, 0) is 14.6 Å². The van der Waals surface area contributed by atoms with E-state index in [0.29, 0.717) is 0 Å². The Morgan fingerprint density at radius 3 is 2.20 bits per heavy atom. The molecule has 1 heterocycles. The third-order valence-electron chi connectivity index (χ3n) is 3.27. The van der Waals surface area contributed by atoms with E-state index in [-0.39, 0.29) is 25.6 Å². The van der Waals surface area contributed by atoms with Gasteiger partial charge in [0.2, 0.25) is 15.7 Å². The molecule has 0 fully saturated rings. The van der Waals surface area contributed by atoms with Gasteiger partial charge in [0.05, 0.1) is 10.5 Å². The number of nitrogens with one attached hydrogen (secondary N) is 1. The van der Waals surface area contributed by atoms with Crippen molar-refractivity contribution in [3.8, 4) is 0 Å². The first kappa shape index (κ1) is 19.1. The van der Waals surface area contributed by atoms with Crippen molar-refractivity contribution in [3.63, 3.8) is 0 Å². The number of halogens is 1. The standard InChI is InChI=1S/C16H17FN2O4S2/c1-16(2,3)15(21)19-14-11(13(18)20)8-12(24-14)25(22,23)10-6-4-9(17)5-7-10/h4-8H,1-3H3,(H2,18,20)(H,19,21). The molecule has 0 spiro atoms. The number of benzene rings is 1. The van der Waals surface area contributed by atoms with Crippen LogP contribution in [0.25, 0.3) is 0 Å². The molecular formula is C16H17FN2O4S2. The monoisotopic (exact) mass is 384 g/mol. The van der Waals surface area contributed by atoms with Gasteiger partial charge in [-0.25, -0.2) is 12.8 Å². The van der Waals surface area contributed by atoms with Crippen LogP contribution in [-0.4, -0.2) is 20.2 Å². The van der Waals surface area contributed by atoms with Crippen molar-refractivity contribution in [3.05, 3.63) is 41.7 Å². The Bertz CT molecular complexity index is 926. The molecule has 1 aromatic carbocycles. The average molecular weight is 384 g/mol. The minimum Gasteiger partial charge on any atom is -0.366 e. The van der Waals surface area contributed by atoms with Crippen molar-refractivity contribution in [2.24, 2.45) is 11.1 Å². The van der Waals surface area contributed by atoms with E-state index in [1.54, 1.807) is 20.8 Å². The van der Waals surface area contributed by atoms with Crippen LogP contribution in [0, 0.1) is 11.2 Å². The van der Waals surface area contributed by atoms with Crippen LogP contribution in [0.2, 0.25) is 0 Å². The van der Waals surface area contributed by atoms with Crippen molar-refractivity contribution < 1.29 is 22.4 Å². The number of carbonyl (C=O) groups excluding carboxylic acids is 2. The molecule has 0 unspecified atom stereocenters. The second kappa shape index (κ2) is 6.57. The quantitative estimate of drug-likeness (QED) is 0.791. The van der Waals surface area contributed by atoms with Crippen LogP contribution in [0.1, 0.15) is 31.1 Å². The molecule has 0 aliphatic heterocycles. The third-order valence-corrected chi connectivity index (χ3v) is 6.57. The van der Waals surface area contributed by atoms with E-state index in [9.17, 15) is 22.4 Å². The van der Waals surface area contributed by atoms with Gasteiger partial charge in [-0.2, -0.15) is 0 Å². The van der Waals surface area contributed by atoms with Crippen molar-refractivity contribution in [1.29, 1.82) is 0 Å². The Balaban J connectivity index is 2.50. The Labute approximate surface area is 148 Å². The fourth-order valence-corrected chi connectivity index (χ4v) is 4.57. The van der Waals surface area contributed by atoms with E-state index in [1.165, 1.54) is 0 Å². The van der Waals surface area contributed by atoms with Gasteiger partial charge in [-0.3, -0.25) is 9.59 Å². The van der Waals surface area contributed by atoms with Gasteiger partial charge >= 0.3 is 0 Å². The van der Waals surface area contributed by atoms with Gasteiger partial charge in [-0.1, -0.05) is 20.8 Å². The Kier molecular flexibility index (Phi) is 5.01. The van der Waals surface area contributed by atoms with E-state index in [4.69, 9.17) is 5.73 Å². The molecule has 0 atom stereocenters. The number of amides is 2. The zero-order chi connectivity index (χ0) is 19.0. The summed E-state index contributed by atoms with van der Waals surface area (Å²) in [4.78, 5) is 23.6. The lowest BCUT2D eigenvalue weighted by Gasteiger charge is -2.17. The van der Waals surface area contributed by atoms with E-state index in [0.717, 1.165) is 41.7 Å². The Morgan fingerprint density at radius 2 is 1.72 bits per heavy atom. The Morgan fingerprint density at radius 1 is 1.16 bits per heavy atom. The lowest BCUT2D eigenvalue weighted by molar-refractivity contribution is -0.123. The number of anilines is 1. The molecule has 6 nitrogen and oxygen atoms in total. The van der Waals surface area contributed by atoms with E-state index < -0.39 is 27.0 Å². The summed E-state index contributed by atoms with van der Waals surface area (Å²) < 4.78 is 38.1. The minimum absolute atomic E-state index is 0.0631. The first-order chi connectivity index (χ1) is 11.4. The molecule has 0 saturated heterocycles. The highest BCUT2D eigenvalue weighted by atomic mass is 32.2. The summed E-state index contributed by atoms with van der Waals surface area (Å²) >= 11 is 0.724. The molecule has 9 heteroatoms. The minimum atomic E-state index is -3.97. The van der Waals surface area contributed by atoms with E-state index >= 15 is 0 Å². The molecule has 2 rings (SSSR count). The third kappa shape index (κ3) is 4.05. The lowest BCUT2D eigenvalue weighted by Crippen LogP contribution is -2.28. The number of carbonyl (C=O) groups is 2. The second-order valence-corrected chi connectivity index (χ2v) is 9.56. The topological polar surface area (TPSA) is 106 Å². The fraction of sp³-hybridized carbons (Fsp3) is 0.250. The van der Waals surface area contributed by atoms with Crippen LogP contribution in [0.5, 0.6) is 0 Å². The zero-order valence-corrected chi connectivity index (χ0v) is 15.4. The molecule has 25 heavy (non-hydrogen) atoms. The van der Waals surface area contributed by atoms with Gasteiger partial charge in [0.15, 0.2) is 0 Å². The molecule has 0 aliphatic carbocycles. The molecule has 134 valence electrons. The Hall–Kier alpha value is -2.26. The van der Waals surface area contributed by atoms with Gasteiger partial charge in [-0.15, -0.1) is 11.3 Å². The summed E-state index contributed by atoms with van der Waals surface area (Å²) in [6, 6.07) is 5.42. The number of hydrogen-bond donors (Lipinski definition) is 2. The highest BCUT2D eigenvalue weighted by Crippen LogP contribution is 2.35.